The Morgan fingerprint density at radius 3 is 2.19 bits per heavy atom. The summed E-state index contributed by atoms with van der Waals surface area (Å²) in [6, 6.07) is 31.1. The van der Waals surface area contributed by atoms with Crippen LogP contribution in [0.1, 0.15) is 108 Å². The smallest absolute Gasteiger partial charge is 0.273 e. The van der Waals surface area contributed by atoms with Gasteiger partial charge in [-0.15, -0.1) is 12.3 Å². The highest BCUT2D eigenvalue weighted by molar-refractivity contribution is 6.60. The number of phenols is 3. The molecule has 20 heteroatoms. The maximum atomic E-state index is 15.0. The standard InChI is InChI=1S/C66H66N14O6/c1-6-7-26-66(77-78-66)27-33-86-47-22-17-42(18-23-47)56(74-53-16-8-9-28-68-53)54-45(36-43-14-11-30-70-58(43)63(54)83)35-40(3)60(79(4)65(85)52-25-32-73-80(52)5)50-37-44(48-15-12-31-71-59(48)62(50)82)34-39(2)55(75-64(84)51(76-67)38-72-46-20-21-46)49-24-19-41-13-10-29-69-57(41)61(49)81/h1,8-19,22-25,28-32,36-40,46,55-56,60,81-83H,7,20-21,26-27,33-35,67H2,2-5H3,(H,68,74)(H,75,84). The molecule has 9 aromatic rings. The van der Waals surface area contributed by atoms with Crippen LogP contribution in [0.5, 0.6) is 23.0 Å². The molecule has 4 aromatic carbocycles. The largest absolute Gasteiger partial charge is 0.505 e. The molecule has 1 aliphatic heterocycles. The highest BCUT2D eigenvalue weighted by Crippen LogP contribution is 2.46. The van der Waals surface area contributed by atoms with Crippen molar-refractivity contribution in [3.8, 4) is 35.3 Å². The summed E-state index contributed by atoms with van der Waals surface area (Å²) >= 11 is 0. The molecule has 1 fully saturated rings. The molecule has 1 aliphatic carbocycles. The van der Waals surface area contributed by atoms with Crippen molar-refractivity contribution >= 4 is 62.3 Å². The fraction of sp³-hybridized carbons (Fsp3) is 0.288. The Labute approximate surface area is 497 Å². The SMILES string of the molecule is C#CCCC1(CCOc2ccc(C(Nc3ccccn3)c3c(CC(C)C(c4cc(CC(C)C(NC(=O)C(C=NC5CC5)=NN)c5ccc6cccnc6c5O)c5cccnc5c4O)N(C)C(=O)c4ccnn4C)cc4cccnc4c3O)cc2)N=N1. The lowest BCUT2D eigenvalue weighted by Crippen LogP contribution is -2.39. The number of nitrogens with one attached hydrogen (secondary N) is 2. The van der Waals surface area contributed by atoms with E-state index >= 15 is 4.79 Å². The third-order valence-corrected chi connectivity index (χ3v) is 16.3. The molecule has 6 heterocycles. The summed E-state index contributed by atoms with van der Waals surface area (Å²) in [6.07, 6.45) is 19.1. The van der Waals surface area contributed by atoms with Crippen LogP contribution >= 0.6 is 0 Å². The highest BCUT2D eigenvalue weighted by Gasteiger charge is 2.39. The van der Waals surface area contributed by atoms with Gasteiger partial charge in [-0.2, -0.15) is 20.4 Å². The van der Waals surface area contributed by atoms with E-state index in [0.717, 1.165) is 29.5 Å². The summed E-state index contributed by atoms with van der Waals surface area (Å²) < 4.78 is 7.72. The zero-order chi connectivity index (χ0) is 60.1. The number of terminal acetylenes is 1. The number of aryl methyl sites for hydroxylation is 1. The minimum absolute atomic E-state index is 0.0481. The van der Waals surface area contributed by atoms with Gasteiger partial charge >= 0.3 is 0 Å². The first-order valence-corrected chi connectivity index (χ1v) is 28.6. The molecule has 5 unspecified atom stereocenters. The Bertz CT molecular complexity index is 4120. The Hall–Kier alpha value is -10.3. The molecule has 0 saturated heterocycles. The third kappa shape index (κ3) is 12.2. The maximum absolute atomic E-state index is 15.0. The summed E-state index contributed by atoms with van der Waals surface area (Å²) in [4.78, 5) is 53.9. The number of benzene rings is 4. The molecule has 20 nitrogen and oxygen atoms in total. The van der Waals surface area contributed by atoms with Gasteiger partial charge in [0.05, 0.1) is 37.0 Å². The van der Waals surface area contributed by atoms with E-state index in [1.165, 1.54) is 10.9 Å². The van der Waals surface area contributed by atoms with Crippen molar-refractivity contribution in [1.29, 1.82) is 0 Å². The first-order valence-electron chi connectivity index (χ1n) is 28.6. The van der Waals surface area contributed by atoms with Crippen molar-refractivity contribution in [3.63, 3.8) is 0 Å². The van der Waals surface area contributed by atoms with E-state index in [-0.39, 0.29) is 47.8 Å². The van der Waals surface area contributed by atoms with Gasteiger partial charge in [0.15, 0.2) is 11.4 Å². The van der Waals surface area contributed by atoms with Gasteiger partial charge in [-0.3, -0.25) is 34.2 Å². The summed E-state index contributed by atoms with van der Waals surface area (Å²) in [5, 5.41) is 62.9. The number of nitrogens with zero attached hydrogens (tertiary/aromatic N) is 11. The van der Waals surface area contributed by atoms with Gasteiger partial charge in [-0.25, -0.2) is 4.98 Å². The number of hydrogen-bond donors (Lipinski definition) is 6. The van der Waals surface area contributed by atoms with Crippen LogP contribution in [0.25, 0.3) is 32.7 Å². The minimum atomic E-state index is -0.877. The van der Waals surface area contributed by atoms with Gasteiger partial charge in [-0.1, -0.05) is 62.4 Å². The van der Waals surface area contributed by atoms with Crippen molar-refractivity contribution in [2.75, 3.05) is 19.0 Å². The molecule has 0 radical (unpaired) electrons. The van der Waals surface area contributed by atoms with Crippen molar-refractivity contribution in [2.24, 2.45) is 45.0 Å². The third-order valence-electron chi connectivity index (χ3n) is 16.3. The number of pyridine rings is 4. The lowest BCUT2D eigenvalue weighted by Gasteiger charge is -2.35. The van der Waals surface area contributed by atoms with Crippen LogP contribution in [-0.4, -0.2) is 99.0 Å². The van der Waals surface area contributed by atoms with E-state index in [1.54, 1.807) is 74.2 Å². The number of rotatable bonds is 24. The van der Waals surface area contributed by atoms with E-state index < -0.39 is 41.5 Å². The Kier molecular flexibility index (Phi) is 16.6. The van der Waals surface area contributed by atoms with Gasteiger partial charge in [0.25, 0.3) is 11.8 Å². The van der Waals surface area contributed by atoms with Crippen molar-refractivity contribution in [3.05, 3.63) is 179 Å². The molecule has 1 saturated carbocycles. The minimum Gasteiger partial charge on any atom is -0.505 e. The molecule has 11 rings (SSSR count). The number of carbonyl (C=O) groups excluding carboxylic acids is 2. The Balaban J connectivity index is 1.00. The molecular weight excluding hydrogens is 1080 g/mol. The van der Waals surface area contributed by atoms with Crippen LogP contribution in [0.4, 0.5) is 5.82 Å². The second kappa shape index (κ2) is 24.9. The summed E-state index contributed by atoms with van der Waals surface area (Å²) in [7, 11) is 3.40. The van der Waals surface area contributed by atoms with Crippen LogP contribution < -0.4 is 21.2 Å². The van der Waals surface area contributed by atoms with Crippen molar-refractivity contribution in [2.45, 2.75) is 88.6 Å². The Morgan fingerprint density at radius 1 is 0.802 bits per heavy atom. The number of nitrogens with two attached hydrogens (primary N) is 1. The Morgan fingerprint density at radius 2 is 1.50 bits per heavy atom. The van der Waals surface area contributed by atoms with Crippen molar-refractivity contribution < 1.29 is 29.6 Å². The first-order chi connectivity index (χ1) is 41.7. The highest BCUT2D eigenvalue weighted by atomic mass is 16.5. The molecule has 5 aromatic heterocycles. The van der Waals surface area contributed by atoms with E-state index in [1.807, 2.05) is 98.8 Å². The van der Waals surface area contributed by atoms with Gasteiger partial charge in [-0.05, 0) is 115 Å². The number of anilines is 1. The molecule has 86 heavy (non-hydrogen) atoms. The molecule has 7 N–H and O–H groups in total. The van der Waals surface area contributed by atoms with Gasteiger partial charge < -0.3 is 41.4 Å². The van der Waals surface area contributed by atoms with Crippen LogP contribution in [0.2, 0.25) is 0 Å². The number of fused-ring (bicyclic) bond motifs is 3. The molecule has 436 valence electrons. The van der Waals surface area contributed by atoms with Crippen LogP contribution in [0.15, 0.2) is 161 Å². The van der Waals surface area contributed by atoms with E-state index in [4.69, 9.17) is 22.0 Å². The monoisotopic (exact) mass is 1150 g/mol. The number of aromatic nitrogens is 6. The van der Waals surface area contributed by atoms with E-state index in [9.17, 15) is 20.1 Å². The predicted octanol–water partition coefficient (Wildman–Crippen LogP) is 10.4. The van der Waals surface area contributed by atoms with Crippen molar-refractivity contribution in [1.82, 2.24) is 39.9 Å². The summed E-state index contributed by atoms with van der Waals surface area (Å²) in [5.74, 6) is 7.41. The number of aliphatic imine (C=N–C) groups is 1. The zero-order valence-electron chi connectivity index (χ0n) is 48.1. The molecule has 0 bridgehead atoms. The lowest BCUT2D eigenvalue weighted by molar-refractivity contribution is -0.115. The maximum Gasteiger partial charge on any atom is 0.273 e. The molecule has 2 amide bonds. The average molecular weight is 1150 g/mol. The van der Waals surface area contributed by atoms with E-state index in [0.29, 0.717) is 92.5 Å². The number of aromatic hydroxyl groups is 3. The van der Waals surface area contributed by atoms with Crippen LogP contribution in [0.3, 0.4) is 0 Å². The fourth-order valence-electron chi connectivity index (χ4n) is 11.6. The zero-order valence-corrected chi connectivity index (χ0v) is 48.1. The number of hydrogen-bond acceptors (Lipinski definition) is 17. The molecule has 5 atom stereocenters. The summed E-state index contributed by atoms with van der Waals surface area (Å²) in [6.45, 7) is 4.34. The molecule has 0 spiro atoms. The average Bonchev–Trinajstić information content (AvgIpc) is 2.76. The quantitative estimate of drug-likeness (QED) is 0.0142. The fourth-order valence-corrected chi connectivity index (χ4v) is 11.6. The number of hydrazone groups is 1. The van der Waals surface area contributed by atoms with Crippen LogP contribution in [0, 0.1) is 24.2 Å². The van der Waals surface area contributed by atoms with Gasteiger partial charge in [0.1, 0.15) is 51.1 Å². The number of carbonyl (C=O) groups is 2. The number of ether oxygens (including phenoxy) is 1. The lowest BCUT2D eigenvalue weighted by atomic mass is 9.81. The second-order valence-electron chi connectivity index (χ2n) is 22.2. The molecule has 2 aliphatic rings. The van der Waals surface area contributed by atoms with Crippen LogP contribution in [-0.2, 0) is 24.7 Å². The number of phenolic OH excluding ortho intramolecular Hbond substituents is 3. The first kappa shape index (κ1) is 57.5. The van der Waals surface area contributed by atoms with E-state index in [2.05, 4.69) is 56.9 Å². The predicted molar refractivity (Wildman–Crippen MR) is 330 cm³/mol. The summed E-state index contributed by atoms with van der Waals surface area (Å²) in [5.41, 5.74) is 4.35. The van der Waals surface area contributed by atoms with Gasteiger partial charge in [0.2, 0.25) is 0 Å². The van der Waals surface area contributed by atoms with Gasteiger partial charge in [0, 0.05) is 97.2 Å². The molecular formula is C66H66N14O6. The normalized spacial score (nSPS) is 15.5. The number of amides is 2. The second-order valence-corrected chi connectivity index (χ2v) is 22.2. The topological polar surface area (TPSA) is 276 Å².